The molecule has 4 unspecified atom stereocenters. The Hall–Kier alpha value is -3.37. The number of halogens is 2. The molecular weight excluding hydrogens is 775 g/mol. The van der Waals surface area contributed by atoms with Crippen LogP contribution in [0.5, 0.6) is 5.75 Å². The Kier molecular flexibility index (Phi) is 14.9. The van der Waals surface area contributed by atoms with Gasteiger partial charge in [-0.05, 0) is 85.9 Å². The van der Waals surface area contributed by atoms with Gasteiger partial charge in [0.15, 0.2) is 0 Å². The van der Waals surface area contributed by atoms with Crippen molar-refractivity contribution >= 4 is 35.0 Å². The molecule has 3 aliphatic rings. The zero-order valence-corrected chi connectivity index (χ0v) is 33.8. The summed E-state index contributed by atoms with van der Waals surface area (Å²) in [7, 11) is 1.47. The van der Waals surface area contributed by atoms with Gasteiger partial charge in [0, 0.05) is 79.8 Å². The maximum atomic E-state index is 13.0. The summed E-state index contributed by atoms with van der Waals surface area (Å²) in [6, 6.07) is 13.9. The van der Waals surface area contributed by atoms with E-state index in [4.69, 9.17) is 37.8 Å². The smallest absolute Gasteiger partial charge is 0.236 e. The van der Waals surface area contributed by atoms with Crippen LogP contribution in [0.15, 0.2) is 54.9 Å². The Labute approximate surface area is 343 Å². The zero-order valence-electron chi connectivity index (χ0n) is 32.3. The molecule has 0 bridgehead atoms. The van der Waals surface area contributed by atoms with Gasteiger partial charge in [-0.1, -0.05) is 41.4 Å². The van der Waals surface area contributed by atoms with Gasteiger partial charge in [-0.25, -0.2) is 0 Å². The molecule has 0 radical (unpaired) electrons. The molecule has 3 fully saturated rings. The molecular formula is C42H54Cl2N4O9. The summed E-state index contributed by atoms with van der Waals surface area (Å²) in [6.45, 7) is 1.30. The van der Waals surface area contributed by atoms with Crippen molar-refractivity contribution < 1.29 is 44.6 Å². The van der Waals surface area contributed by atoms with Crippen molar-refractivity contribution in [2.45, 2.75) is 94.1 Å². The standard InChI is InChI=1S/C42H54Cl2N4O9/c1-46(23-35(50)40(54)41(55)36(51)25-49)39(53)24-47-16-18-48(19-17-47)38(52)9-5-2-6-27-20-34(44)28(21-33(27)43)26-56-42(13-14-42)32-22-45-15-12-30(32)31-7-3-4-8-37(31)57-29-10-11-29/h3-4,7-8,12,15,20-22,29,35-36,40-41,49-51,54-55H,2,5-6,9-11,13-14,16-19,23-26H2,1H3. The molecule has 3 aromatic rings. The van der Waals surface area contributed by atoms with E-state index in [2.05, 4.69) is 11.1 Å². The molecule has 5 N–H and O–H groups in total. The third-order valence-electron chi connectivity index (χ3n) is 11.1. The first kappa shape index (κ1) is 43.2. The number of likely N-dealkylation sites (N-methyl/N-ethyl adjacent to an activating group) is 1. The summed E-state index contributed by atoms with van der Waals surface area (Å²) in [6.07, 6.45) is 3.77. The van der Waals surface area contributed by atoms with Crippen molar-refractivity contribution in [1.82, 2.24) is 19.7 Å². The maximum Gasteiger partial charge on any atom is 0.236 e. The Morgan fingerprint density at radius 3 is 2.32 bits per heavy atom. The molecule has 310 valence electrons. The zero-order chi connectivity index (χ0) is 40.7. The minimum atomic E-state index is -1.76. The van der Waals surface area contributed by atoms with Crippen molar-refractivity contribution in [1.29, 1.82) is 0 Å². The number of pyridine rings is 1. The summed E-state index contributed by atoms with van der Waals surface area (Å²) in [5.74, 6) is 0.629. The Balaban J connectivity index is 0.923. The van der Waals surface area contributed by atoms with Gasteiger partial charge < -0.3 is 44.8 Å². The Morgan fingerprint density at radius 2 is 1.61 bits per heavy atom. The number of aliphatic hydroxyl groups excluding tert-OH is 5. The number of benzene rings is 2. The summed E-state index contributed by atoms with van der Waals surface area (Å²) < 4.78 is 12.9. The van der Waals surface area contributed by atoms with E-state index in [0.717, 1.165) is 65.7 Å². The first-order chi connectivity index (χ1) is 27.4. The van der Waals surface area contributed by atoms with Gasteiger partial charge in [0.05, 0.1) is 31.5 Å². The van der Waals surface area contributed by atoms with E-state index in [0.29, 0.717) is 62.1 Å². The number of carbonyl (C=O) groups excluding carboxylic acids is 2. The number of hydrogen-bond acceptors (Lipinski definition) is 11. The molecule has 2 heterocycles. The predicted octanol–water partition coefficient (Wildman–Crippen LogP) is 3.55. The molecule has 1 aromatic heterocycles. The molecule has 57 heavy (non-hydrogen) atoms. The lowest BCUT2D eigenvalue weighted by Gasteiger charge is -2.35. The van der Waals surface area contributed by atoms with E-state index in [1.54, 1.807) is 11.1 Å². The molecule has 2 aliphatic carbocycles. The second-order valence-electron chi connectivity index (χ2n) is 15.5. The molecule has 13 nitrogen and oxygen atoms in total. The molecule has 4 atom stereocenters. The number of aromatic nitrogens is 1. The van der Waals surface area contributed by atoms with E-state index in [-0.39, 0.29) is 31.0 Å². The summed E-state index contributed by atoms with van der Waals surface area (Å²) in [5.41, 5.74) is 4.41. The van der Waals surface area contributed by atoms with E-state index >= 15 is 0 Å². The highest BCUT2D eigenvalue weighted by atomic mass is 35.5. The predicted molar refractivity (Wildman–Crippen MR) is 215 cm³/mol. The monoisotopic (exact) mass is 828 g/mol. The SMILES string of the molecule is CN(CC(O)C(O)C(O)C(O)CO)C(=O)CN1CCN(C(=O)CCCCc2cc(Cl)c(COC3(c4cnccc4-c4ccccc4OC4CC4)CC3)cc2Cl)CC1. The minimum Gasteiger partial charge on any atom is -0.490 e. The fraction of sp³-hybridized carbons (Fsp3) is 0.548. The second-order valence-corrected chi connectivity index (χ2v) is 16.3. The highest BCUT2D eigenvalue weighted by Crippen LogP contribution is 2.53. The number of amides is 2. The van der Waals surface area contributed by atoms with E-state index in [9.17, 15) is 30.0 Å². The third kappa shape index (κ3) is 11.2. The van der Waals surface area contributed by atoms with Crippen LogP contribution in [-0.2, 0) is 33.0 Å². The number of rotatable bonds is 20. The molecule has 2 saturated carbocycles. The lowest BCUT2D eigenvalue weighted by atomic mass is 9.96. The first-order valence-corrected chi connectivity index (χ1v) is 20.5. The van der Waals surface area contributed by atoms with Crippen LogP contribution in [0, 0.1) is 0 Å². The van der Waals surface area contributed by atoms with Crippen molar-refractivity contribution in [3.8, 4) is 16.9 Å². The van der Waals surface area contributed by atoms with E-state index in [1.165, 1.54) is 11.9 Å². The number of para-hydroxylation sites is 1. The average Bonchev–Trinajstić information content (AvgIpc) is 4.17. The van der Waals surface area contributed by atoms with Crippen LogP contribution >= 0.6 is 23.2 Å². The van der Waals surface area contributed by atoms with Gasteiger partial charge in [0.2, 0.25) is 11.8 Å². The van der Waals surface area contributed by atoms with Gasteiger partial charge in [0.25, 0.3) is 0 Å². The largest absolute Gasteiger partial charge is 0.490 e. The molecule has 1 saturated heterocycles. The molecule has 2 amide bonds. The average molecular weight is 830 g/mol. The number of piperazine rings is 1. The van der Waals surface area contributed by atoms with E-state index < -0.39 is 36.6 Å². The lowest BCUT2D eigenvalue weighted by molar-refractivity contribution is -0.139. The van der Waals surface area contributed by atoms with Crippen LogP contribution in [0.1, 0.15) is 61.6 Å². The third-order valence-corrected chi connectivity index (χ3v) is 11.8. The second kappa shape index (κ2) is 19.6. The summed E-state index contributed by atoms with van der Waals surface area (Å²) >= 11 is 13.5. The van der Waals surface area contributed by atoms with Crippen molar-refractivity contribution in [3.63, 3.8) is 0 Å². The number of nitrogens with zero attached hydrogens (tertiary/aromatic N) is 4. The molecule has 6 rings (SSSR count). The van der Waals surface area contributed by atoms with Crippen LogP contribution in [0.3, 0.4) is 0 Å². The van der Waals surface area contributed by atoms with Crippen LogP contribution in [0.4, 0.5) is 0 Å². The van der Waals surface area contributed by atoms with Gasteiger partial charge in [0.1, 0.15) is 30.2 Å². The van der Waals surface area contributed by atoms with Gasteiger partial charge in [-0.3, -0.25) is 19.5 Å². The summed E-state index contributed by atoms with van der Waals surface area (Å²) in [4.78, 5) is 35.2. The first-order valence-electron chi connectivity index (χ1n) is 19.8. The van der Waals surface area contributed by atoms with Crippen molar-refractivity contribution in [2.24, 2.45) is 0 Å². The Bertz CT molecular complexity index is 1840. The van der Waals surface area contributed by atoms with Crippen LogP contribution in [-0.4, -0.2) is 140 Å². The molecule has 1 aliphatic heterocycles. The highest BCUT2D eigenvalue weighted by Gasteiger charge is 2.48. The van der Waals surface area contributed by atoms with Crippen LogP contribution in [0.25, 0.3) is 11.1 Å². The lowest BCUT2D eigenvalue weighted by Crippen LogP contribution is -2.53. The van der Waals surface area contributed by atoms with Crippen molar-refractivity contribution in [2.75, 3.05) is 52.9 Å². The van der Waals surface area contributed by atoms with Crippen LogP contribution in [0.2, 0.25) is 10.0 Å². The summed E-state index contributed by atoms with van der Waals surface area (Å²) in [5, 5.41) is 49.7. The molecule has 15 heteroatoms. The van der Waals surface area contributed by atoms with Gasteiger partial charge in [-0.15, -0.1) is 0 Å². The highest BCUT2D eigenvalue weighted by molar-refractivity contribution is 6.34. The quantitative estimate of drug-likeness (QED) is 0.105. The maximum absolute atomic E-state index is 13.0. The van der Waals surface area contributed by atoms with Crippen molar-refractivity contribution in [3.05, 3.63) is 81.6 Å². The number of aryl methyl sites for hydroxylation is 1. The fourth-order valence-electron chi connectivity index (χ4n) is 7.17. The van der Waals surface area contributed by atoms with Crippen LogP contribution < -0.4 is 4.74 Å². The molecule has 0 spiro atoms. The Morgan fingerprint density at radius 1 is 0.930 bits per heavy atom. The molecule has 2 aromatic carbocycles. The number of carbonyl (C=O) groups is 2. The van der Waals surface area contributed by atoms with Gasteiger partial charge in [-0.2, -0.15) is 0 Å². The van der Waals surface area contributed by atoms with E-state index in [1.807, 2.05) is 47.5 Å². The van der Waals surface area contributed by atoms with Gasteiger partial charge >= 0.3 is 0 Å². The topological polar surface area (TPSA) is 176 Å². The number of ether oxygens (including phenoxy) is 2. The number of unbranched alkanes of at least 4 members (excludes halogenated alkanes) is 1. The normalized spacial score (nSPS) is 18.8. The minimum absolute atomic E-state index is 0.0557. The number of hydrogen-bond donors (Lipinski definition) is 5. The number of aliphatic hydroxyl groups is 5. The fourth-order valence-corrected chi connectivity index (χ4v) is 7.69.